The van der Waals surface area contributed by atoms with Crippen molar-refractivity contribution in [1.82, 2.24) is 9.55 Å². The number of carboxylic acids is 1. The monoisotopic (exact) mass is 445 g/mol. The number of carbonyl (C=O) groups is 1. The SMILES string of the molecule is Nc1c(CCCOc2ccc(F)cc2)cccc1C(c1cccc(C(=O)O)c1)n1ccnc1. The highest BCUT2D eigenvalue weighted by atomic mass is 19.1. The Bertz CT molecular complexity index is 1220. The molecule has 0 aliphatic heterocycles. The lowest BCUT2D eigenvalue weighted by Crippen LogP contribution is -2.15. The molecule has 6 nitrogen and oxygen atoms in total. The van der Waals surface area contributed by atoms with E-state index in [-0.39, 0.29) is 17.4 Å². The zero-order valence-electron chi connectivity index (χ0n) is 17.9. The van der Waals surface area contributed by atoms with Crippen LogP contribution >= 0.6 is 0 Å². The number of aromatic nitrogens is 2. The fraction of sp³-hybridized carbons (Fsp3) is 0.154. The van der Waals surface area contributed by atoms with E-state index in [0.29, 0.717) is 24.5 Å². The molecule has 4 rings (SSSR count). The summed E-state index contributed by atoms with van der Waals surface area (Å²) in [5.41, 5.74) is 10.1. The van der Waals surface area contributed by atoms with E-state index >= 15 is 0 Å². The summed E-state index contributed by atoms with van der Waals surface area (Å²) in [7, 11) is 0. The average molecular weight is 445 g/mol. The number of imidazole rings is 1. The van der Waals surface area contributed by atoms with Gasteiger partial charge in [-0.3, -0.25) is 0 Å². The Kier molecular flexibility index (Phi) is 6.69. The summed E-state index contributed by atoms with van der Waals surface area (Å²) in [6, 6.07) is 18.4. The lowest BCUT2D eigenvalue weighted by atomic mass is 9.92. The first-order chi connectivity index (χ1) is 16.0. The van der Waals surface area contributed by atoms with E-state index in [1.165, 1.54) is 12.1 Å². The number of ether oxygens (including phenoxy) is 1. The first-order valence-electron chi connectivity index (χ1n) is 10.6. The maximum absolute atomic E-state index is 13.0. The third kappa shape index (κ3) is 5.20. The number of nitrogen functional groups attached to an aromatic ring is 1. The van der Waals surface area contributed by atoms with Crippen LogP contribution in [0.5, 0.6) is 5.75 Å². The minimum absolute atomic E-state index is 0.213. The van der Waals surface area contributed by atoms with Crippen molar-refractivity contribution in [3.05, 3.63) is 114 Å². The van der Waals surface area contributed by atoms with E-state index < -0.39 is 5.97 Å². The Morgan fingerprint density at radius 1 is 1.12 bits per heavy atom. The Hall–Kier alpha value is -4.13. The molecule has 168 valence electrons. The van der Waals surface area contributed by atoms with Crippen molar-refractivity contribution in [1.29, 1.82) is 0 Å². The molecular formula is C26H24FN3O3. The van der Waals surface area contributed by atoms with Crippen LogP contribution in [-0.2, 0) is 6.42 Å². The van der Waals surface area contributed by atoms with Gasteiger partial charge in [-0.05, 0) is 60.4 Å². The summed E-state index contributed by atoms with van der Waals surface area (Å²) >= 11 is 0. The number of aromatic carboxylic acids is 1. The smallest absolute Gasteiger partial charge is 0.335 e. The van der Waals surface area contributed by atoms with Gasteiger partial charge in [0.05, 0.1) is 24.5 Å². The largest absolute Gasteiger partial charge is 0.494 e. The van der Waals surface area contributed by atoms with Gasteiger partial charge in [-0.2, -0.15) is 0 Å². The van der Waals surface area contributed by atoms with Crippen LogP contribution < -0.4 is 10.5 Å². The molecule has 0 bridgehead atoms. The fourth-order valence-electron chi connectivity index (χ4n) is 3.85. The topological polar surface area (TPSA) is 90.4 Å². The molecule has 1 aromatic heterocycles. The molecule has 0 radical (unpaired) electrons. The summed E-state index contributed by atoms with van der Waals surface area (Å²) in [6.07, 6.45) is 6.64. The summed E-state index contributed by atoms with van der Waals surface area (Å²) < 4.78 is 20.6. The molecule has 0 amide bonds. The summed E-state index contributed by atoms with van der Waals surface area (Å²) in [6.45, 7) is 0.473. The average Bonchev–Trinajstić information content (AvgIpc) is 3.35. The summed E-state index contributed by atoms with van der Waals surface area (Å²) in [5, 5.41) is 9.43. The minimum atomic E-state index is -0.982. The third-order valence-electron chi connectivity index (χ3n) is 5.47. The second-order valence-corrected chi connectivity index (χ2v) is 7.67. The van der Waals surface area contributed by atoms with Crippen molar-refractivity contribution in [2.24, 2.45) is 0 Å². The maximum Gasteiger partial charge on any atom is 0.335 e. The van der Waals surface area contributed by atoms with Crippen molar-refractivity contribution in [2.45, 2.75) is 18.9 Å². The first-order valence-corrected chi connectivity index (χ1v) is 10.6. The number of rotatable bonds is 9. The highest BCUT2D eigenvalue weighted by Gasteiger charge is 2.21. The Balaban J connectivity index is 1.56. The third-order valence-corrected chi connectivity index (χ3v) is 5.47. The van der Waals surface area contributed by atoms with Crippen LogP contribution in [0.2, 0.25) is 0 Å². The van der Waals surface area contributed by atoms with Gasteiger partial charge in [0.25, 0.3) is 0 Å². The molecule has 3 aromatic carbocycles. The van der Waals surface area contributed by atoms with Crippen LogP contribution in [0, 0.1) is 5.82 Å². The van der Waals surface area contributed by atoms with E-state index in [4.69, 9.17) is 10.5 Å². The van der Waals surface area contributed by atoms with E-state index in [0.717, 1.165) is 23.1 Å². The Labute approximate surface area is 191 Å². The molecule has 4 aromatic rings. The molecule has 3 N–H and O–H groups in total. The van der Waals surface area contributed by atoms with Crippen molar-refractivity contribution in [2.75, 3.05) is 12.3 Å². The van der Waals surface area contributed by atoms with Gasteiger partial charge in [0.2, 0.25) is 0 Å². The number of benzene rings is 3. The first kappa shape index (κ1) is 22.1. The summed E-state index contributed by atoms with van der Waals surface area (Å²) in [5.74, 6) is -0.658. The number of carboxylic acid groups (broad SMARTS) is 1. The summed E-state index contributed by atoms with van der Waals surface area (Å²) in [4.78, 5) is 15.7. The van der Waals surface area contributed by atoms with Crippen LogP contribution in [0.3, 0.4) is 0 Å². The zero-order chi connectivity index (χ0) is 23.2. The van der Waals surface area contributed by atoms with Gasteiger partial charge in [0.1, 0.15) is 11.6 Å². The molecule has 0 aliphatic rings. The molecule has 0 saturated heterocycles. The number of hydrogen-bond acceptors (Lipinski definition) is 4. The van der Waals surface area contributed by atoms with Crippen LogP contribution in [0.15, 0.2) is 85.5 Å². The van der Waals surface area contributed by atoms with E-state index in [2.05, 4.69) is 4.98 Å². The predicted octanol–water partition coefficient (Wildman–Crippen LogP) is 4.95. The quantitative estimate of drug-likeness (QED) is 0.281. The molecule has 1 unspecified atom stereocenters. The van der Waals surface area contributed by atoms with E-state index in [1.807, 2.05) is 35.0 Å². The number of para-hydroxylation sites is 1. The number of nitrogens with two attached hydrogens (primary N) is 1. The second kappa shape index (κ2) is 9.99. The minimum Gasteiger partial charge on any atom is -0.494 e. The molecule has 0 spiro atoms. The van der Waals surface area contributed by atoms with Crippen molar-refractivity contribution >= 4 is 11.7 Å². The molecule has 0 fully saturated rings. The van der Waals surface area contributed by atoms with E-state index in [1.54, 1.807) is 42.9 Å². The molecule has 1 heterocycles. The van der Waals surface area contributed by atoms with Crippen LogP contribution in [0.4, 0.5) is 10.1 Å². The second-order valence-electron chi connectivity index (χ2n) is 7.67. The number of hydrogen-bond donors (Lipinski definition) is 2. The molecule has 33 heavy (non-hydrogen) atoms. The molecular weight excluding hydrogens is 421 g/mol. The van der Waals surface area contributed by atoms with Crippen molar-refractivity contribution in [3.8, 4) is 5.75 Å². The highest BCUT2D eigenvalue weighted by Crippen LogP contribution is 2.33. The van der Waals surface area contributed by atoms with Gasteiger partial charge in [0.15, 0.2) is 0 Å². The van der Waals surface area contributed by atoms with Gasteiger partial charge in [-0.15, -0.1) is 0 Å². The van der Waals surface area contributed by atoms with Crippen molar-refractivity contribution < 1.29 is 19.0 Å². The van der Waals surface area contributed by atoms with Gasteiger partial charge < -0.3 is 20.1 Å². The lowest BCUT2D eigenvalue weighted by molar-refractivity contribution is 0.0696. The normalized spacial score (nSPS) is 11.8. The maximum atomic E-state index is 13.0. The van der Waals surface area contributed by atoms with Crippen molar-refractivity contribution in [3.63, 3.8) is 0 Å². The molecule has 0 aliphatic carbocycles. The van der Waals surface area contributed by atoms with Crippen LogP contribution in [-0.4, -0.2) is 27.2 Å². The number of aryl methyl sites for hydroxylation is 1. The standard InChI is InChI=1S/C26H24FN3O3/c27-21-9-11-22(12-10-21)33-15-3-7-18-4-2-8-23(24(18)28)25(30-14-13-29-17-30)19-5-1-6-20(16-19)26(31)32/h1-2,4-6,8-14,16-17,25H,3,7,15,28H2,(H,31,32). The lowest BCUT2D eigenvalue weighted by Gasteiger charge is -2.23. The zero-order valence-corrected chi connectivity index (χ0v) is 17.9. The molecule has 1 atom stereocenters. The number of halogens is 1. The Morgan fingerprint density at radius 3 is 2.64 bits per heavy atom. The van der Waals surface area contributed by atoms with Crippen LogP contribution in [0.1, 0.15) is 39.5 Å². The van der Waals surface area contributed by atoms with Gasteiger partial charge in [-0.1, -0.05) is 30.3 Å². The van der Waals surface area contributed by atoms with Gasteiger partial charge >= 0.3 is 5.97 Å². The van der Waals surface area contributed by atoms with E-state index in [9.17, 15) is 14.3 Å². The Morgan fingerprint density at radius 2 is 1.91 bits per heavy atom. The predicted molar refractivity (Wildman–Crippen MR) is 124 cm³/mol. The number of anilines is 1. The highest BCUT2D eigenvalue weighted by molar-refractivity contribution is 5.87. The molecule has 0 saturated carbocycles. The van der Waals surface area contributed by atoms with Gasteiger partial charge in [0, 0.05) is 23.6 Å². The molecule has 7 heteroatoms. The fourth-order valence-corrected chi connectivity index (χ4v) is 3.85. The van der Waals surface area contributed by atoms with Crippen LogP contribution in [0.25, 0.3) is 0 Å². The number of nitrogens with zero attached hydrogens (tertiary/aromatic N) is 2. The van der Waals surface area contributed by atoms with Gasteiger partial charge in [-0.25, -0.2) is 14.2 Å².